The number of nitrogens with one attached hydrogen (secondary N) is 1. The first-order valence-electron chi connectivity index (χ1n) is 10.2. The second-order valence-corrected chi connectivity index (χ2v) is 9.57. The van der Waals surface area contributed by atoms with Crippen molar-refractivity contribution in [1.29, 1.82) is 5.26 Å². The van der Waals surface area contributed by atoms with E-state index in [4.69, 9.17) is 5.26 Å². The van der Waals surface area contributed by atoms with Gasteiger partial charge in [0.1, 0.15) is 0 Å². The van der Waals surface area contributed by atoms with Crippen LogP contribution in [0, 0.1) is 18.3 Å². The zero-order chi connectivity index (χ0) is 22.8. The van der Waals surface area contributed by atoms with Gasteiger partial charge in [-0.1, -0.05) is 6.92 Å². The van der Waals surface area contributed by atoms with E-state index in [0.717, 1.165) is 5.56 Å². The SMILES string of the molecule is CCc1c(C(=O)CN2CCN(S(=O)(=O)c3ccc(C#N)cc3)CC2)[nH]c(C)c1C(C)=O. The topological polar surface area (TPSA) is 114 Å². The first-order chi connectivity index (χ1) is 14.7. The molecule has 0 spiro atoms. The van der Waals surface area contributed by atoms with Crippen molar-refractivity contribution in [3.63, 3.8) is 0 Å². The molecule has 0 atom stereocenters. The lowest BCUT2D eigenvalue weighted by Gasteiger charge is -2.33. The number of carbonyl (C=O) groups is 2. The average molecular weight is 443 g/mol. The van der Waals surface area contributed by atoms with E-state index in [1.807, 2.05) is 17.9 Å². The summed E-state index contributed by atoms with van der Waals surface area (Å²) in [5.41, 5.74) is 2.91. The van der Waals surface area contributed by atoms with Crippen molar-refractivity contribution < 1.29 is 18.0 Å². The number of H-pyrrole nitrogens is 1. The first kappa shape index (κ1) is 22.9. The number of nitriles is 1. The zero-order valence-corrected chi connectivity index (χ0v) is 18.8. The van der Waals surface area contributed by atoms with Gasteiger partial charge in [0.15, 0.2) is 11.6 Å². The maximum absolute atomic E-state index is 12.9. The lowest BCUT2D eigenvalue weighted by Crippen LogP contribution is -2.49. The van der Waals surface area contributed by atoms with Crippen molar-refractivity contribution in [2.24, 2.45) is 0 Å². The second-order valence-electron chi connectivity index (χ2n) is 7.63. The molecule has 1 aromatic heterocycles. The van der Waals surface area contributed by atoms with Gasteiger partial charge in [0.05, 0.1) is 28.8 Å². The molecule has 1 aliphatic heterocycles. The van der Waals surface area contributed by atoms with Gasteiger partial charge in [0.2, 0.25) is 10.0 Å². The monoisotopic (exact) mass is 442 g/mol. The molecule has 9 heteroatoms. The minimum Gasteiger partial charge on any atom is -0.355 e. The summed E-state index contributed by atoms with van der Waals surface area (Å²) in [5, 5.41) is 8.88. The van der Waals surface area contributed by atoms with Crippen molar-refractivity contribution in [2.45, 2.75) is 32.1 Å². The molecule has 31 heavy (non-hydrogen) atoms. The second kappa shape index (κ2) is 9.14. The lowest BCUT2D eigenvalue weighted by atomic mass is 10.0. The summed E-state index contributed by atoms with van der Waals surface area (Å²) >= 11 is 0. The van der Waals surface area contributed by atoms with Gasteiger partial charge in [-0.05, 0) is 50.1 Å². The molecule has 1 aliphatic rings. The summed E-state index contributed by atoms with van der Waals surface area (Å²) in [7, 11) is -3.64. The Kier molecular flexibility index (Phi) is 6.74. The van der Waals surface area contributed by atoms with Crippen LogP contribution in [0.4, 0.5) is 0 Å². The Balaban J connectivity index is 1.66. The highest BCUT2D eigenvalue weighted by Gasteiger charge is 2.30. The zero-order valence-electron chi connectivity index (χ0n) is 17.9. The summed E-state index contributed by atoms with van der Waals surface area (Å²) in [6.45, 7) is 6.78. The Morgan fingerprint density at radius 1 is 1.13 bits per heavy atom. The molecule has 2 aromatic rings. The number of sulfonamides is 1. The summed E-state index contributed by atoms with van der Waals surface area (Å²) in [6, 6.07) is 7.83. The number of hydrogen-bond donors (Lipinski definition) is 1. The van der Waals surface area contributed by atoms with Crippen LogP contribution in [0.3, 0.4) is 0 Å². The van der Waals surface area contributed by atoms with Gasteiger partial charge in [0.25, 0.3) is 0 Å². The van der Waals surface area contributed by atoms with Crippen LogP contribution in [-0.4, -0.2) is 66.9 Å². The Morgan fingerprint density at radius 2 is 1.74 bits per heavy atom. The van der Waals surface area contributed by atoms with Crippen LogP contribution in [0.15, 0.2) is 29.2 Å². The Labute approximate surface area is 182 Å². The number of aromatic amines is 1. The summed E-state index contributed by atoms with van der Waals surface area (Å²) in [4.78, 5) is 30.0. The van der Waals surface area contributed by atoms with Gasteiger partial charge >= 0.3 is 0 Å². The van der Waals surface area contributed by atoms with Crippen LogP contribution in [-0.2, 0) is 16.4 Å². The van der Waals surface area contributed by atoms with Crippen molar-refractivity contribution >= 4 is 21.6 Å². The van der Waals surface area contributed by atoms with Gasteiger partial charge in [-0.2, -0.15) is 9.57 Å². The van der Waals surface area contributed by atoms with E-state index in [-0.39, 0.29) is 36.1 Å². The number of rotatable bonds is 7. The number of Topliss-reactive ketones (excluding diaryl/α,β-unsaturated/α-hetero) is 2. The van der Waals surface area contributed by atoms with E-state index in [9.17, 15) is 18.0 Å². The number of hydrogen-bond acceptors (Lipinski definition) is 6. The summed E-state index contributed by atoms with van der Waals surface area (Å²) in [6.07, 6.45) is 0.580. The largest absolute Gasteiger partial charge is 0.355 e. The highest BCUT2D eigenvalue weighted by molar-refractivity contribution is 7.89. The third-order valence-electron chi connectivity index (χ3n) is 5.60. The predicted molar refractivity (Wildman–Crippen MR) is 116 cm³/mol. The minimum absolute atomic E-state index is 0.0636. The number of aryl methyl sites for hydroxylation is 1. The molecule has 1 fully saturated rings. The van der Waals surface area contributed by atoms with Crippen LogP contribution >= 0.6 is 0 Å². The van der Waals surface area contributed by atoms with Crippen molar-refractivity contribution in [3.8, 4) is 6.07 Å². The molecule has 1 N–H and O–H groups in total. The number of nitrogens with zero attached hydrogens (tertiary/aromatic N) is 3. The molecule has 0 radical (unpaired) electrons. The fourth-order valence-electron chi connectivity index (χ4n) is 4.01. The average Bonchev–Trinajstić information content (AvgIpc) is 3.10. The molecule has 1 aromatic carbocycles. The Bertz CT molecular complexity index is 1140. The number of ketones is 2. The molecule has 0 aliphatic carbocycles. The van der Waals surface area contributed by atoms with Crippen molar-refractivity contribution in [2.75, 3.05) is 32.7 Å². The molecule has 0 unspecified atom stereocenters. The summed E-state index contributed by atoms with van der Waals surface area (Å²) < 4.78 is 27.1. The number of aromatic nitrogens is 1. The van der Waals surface area contributed by atoms with Gasteiger partial charge in [0, 0.05) is 37.4 Å². The molecular weight excluding hydrogens is 416 g/mol. The van der Waals surface area contributed by atoms with E-state index in [1.54, 1.807) is 6.92 Å². The maximum atomic E-state index is 12.9. The van der Waals surface area contributed by atoms with E-state index in [0.29, 0.717) is 42.0 Å². The smallest absolute Gasteiger partial charge is 0.243 e. The van der Waals surface area contributed by atoms with Gasteiger partial charge in [-0.3, -0.25) is 14.5 Å². The molecule has 1 saturated heterocycles. The van der Waals surface area contributed by atoms with E-state index < -0.39 is 10.0 Å². The minimum atomic E-state index is -3.64. The highest BCUT2D eigenvalue weighted by atomic mass is 32.2. The third kappa shape index (κ3) is 4.61. The fourth-order valence-corrected chi connectivity index (χ4v) is 5.43. The van der Waals surface area contributed by atoms with Crippen LogP contribution in [0.1, 0.15) is 51.5 Å². The Hall–Kier alpha value is -2.80. The quantitative estimate of drug-likeness (QED) is 0.657. The normalized spacial score (nSPS) is 15.5. The maximum Gasteiger partial charge on any atom is 0.243 e. The van der Waals surface area contributed by atoms with Gasteiger partial charge < -0.3 is 4.98 Å². The van der Waals surface area contributed by atoms with Gasteiger partial charge in [-0.15, -0.1) is 0 Å². The lowest BCUT2D eigenvalue weighted by molar-refractivity contribution is 0.0896. The molecule has 0 amide bonds. The molecule has 8 nitrogen and oxygen atoms in total. The van der Waals surface area contributed by atoms with E-state index in [2.05, 4.69) is 4.98 Å². The predicted octanol–water partition coefficient (Wildman–Crippen LogP) is 2.15. The fraction of sp³-hybridized carbons (Fsp3) is 0.409. The first-order valence-corrected chi connectivity index (χ1v) is 11.6. The number of piperazine rings is 1. The van der Waals surface area contributed by atoms with Crippen molar-refractivity contribution in [1.82, 2.24) is 14.2 Å². The standard InChI is InChI=1S/C22H26N4O4S/c1-4-19-21(16(3)27)15(2)24-22(19)20(28)14-25-9-11-26(12-10-25)31(29,30)18-7-5-17(13-23)6-8-18/h5-8,24H,4,9-12,14H2,1-3H3. The molecular formula is C22H26N4O4S. The van der Waals surface area contributed by atoms with Gasteiger partial charge in [-0.25, -0.2) is 8.42 Å². The molecule has 3 rings (SSSR count). The highest BCUT2D eigenvalue weighted by Crippen LogP contribution is 2.22. The molecule has 2 heterocycles. The molecule has 164 valence electrons. The van der Waals surface area contributed by atoms with Crippen LogP contribution in [0.25, 0.3) is 0 Å². The molecule has 0 bridgehead atoms. The molecule has 0 saturated carbocycles. The van der Waals surface area contributed by atoms with E-state index in [1.165, 1.54) is 35.5 Å². The van der Waals surface area contributed by atoms with Crippen LogP contribution < -0.4 is 0 Å². The van der Waals surface area contributed by atoms with Crippen LogP contribution in [0.5, 0.6) is 0 Å². The van der Waals surface area contributed by atoms with Crippen LogP contribution in [0.2, 0.25) is 0 Å². The number of carbonyl (C=O) groups excluding carboxylic acids is 2. The Morgan fingerprint density at radius 3 is 2.26 bits per heavy atom. The van der Waals surface area contributed by atoms with Crippen molar-refractivity contribution in [3.05, 3.63) is 52.3 Å². The summed E-state index contributed by atoms with van der Waals surface area (Å²) in [5.74, 6) is -0.165. The third-order valence-corrected chi connectivity index (χ3v) is 7.51. The van der Waals surface area contributed by atoms with E-state index >= 15 is 0 Å². The number of benzene rings is 1.